The van der Waals surface area contributed by atoms with Crippen molar-refractivity contribution < 1.29 is 9.84 Å². The molecule has 1 atom stereocenters. The Kier molecular flexibility index (Phi) is 4.43. The fourth-order valence-corrected chi connectivity index (χ4v) is 2.70. The van der Waals surface area contributed by atoms with E-state index in [9.17, 15) is 5.11 Å². The van der Waals surface area contributed by atoms with Crippen molar-refractivity contribution in [2.75, 3.05) is 7.11 Å². The Morgan fingerprint density at radius 1 is 1.18 bits per heavy atom. The molecular formula is C15H22O2. The van der Waals surface area contributed by atoms with Crippen LogP contribution in [-0.4, -0.2) is 12.2 Å². The van der Waals surface area contributed by atoms with Gasteiger partial charge in [-0.1, -0.05) is 44.2 Å². The standard InChI is InChI=1S/C15H22O2/c1-17-14-9-7-13(8-10-14)15(16)11-12-5-3-2-4-6-12/h7-10,12,15-16H,2-6,11H2,1H3. The summed E-state index contributed by atoms with van der Waals surface area (Å²) in [4.78, 5) is 0. The highest BCUT2D eigenvalue weighted by atomic mass is 16.5. The van der Waals surface area contributed by atoms with Gasteiger partial charge in [-0.3, -0.25) is 0 Å². The van der Waals surface area contributed by atoms with Crippen molar-refractivity contribution in [1.82, 2.24) is 0 Å². The molecule has 1 N–H and O–H groups in total. The van der Waals surface area contributed by atoms with E-state index in [2.05, 4.69) is 0 Å². The first-order valence-corrected chi connectivity index (χ1v) is 6.61. The second-order valence-corrected chi connectivity index (χ2v) is 5.03. The first-order chi connectivity index (χ1) is 8.29. The summed E-state index contributed by atoms with van der Waals surface area (Å²) in [6.07, 6.45) is 7.20. The molecule has 2 rings (SSSR count). The van der Waals surface area contributed by atoms with Gasteiger partial charge in [-0.2, -0.15) is 0 Å². The van der Waals surface area contributed by atoms with Gasteiger partial charge in [0, 0.05) is 0 Å². The number of ether oxygens (including phenoxy) is 1. The molecule has 1 unspecified atom stereocenters. The smallest absolute Gasteiger partial charge is 0.118 e. The van der Waals surface area contributed by atoms with Crippen molar-refractivity contribution in [2.24, 2.45) is 5.92 Å². The fraction of sp³-hybridized carbons (Fsp3) is 0.600. The molecule has 1 aromatic rings. The average molecular weight is 234 g/mol. The summed E-state index contributed by atoms with van der Waals surface area (Å²) >= 11 is 0. The molecule has 1 aliphatic carbocycles. The quantitative estimate of drug-likeness (QED) is 0.860. The largest absolute Gasteiger partial charge is 0.497 e. The number of hydrogen-bond acceptors (Lipinski definition) is 2. The molecule has 0 bridgehead atoms. The first-order valence-electron chi connectivity index (χ1n) is 6.61. The number of aliphatic hydroxyl groups excluding tert-OH is 1. The molecule has 2 nitrogen and oxygen atoms in total. The molecule has 2 heteroatoms. The lowest BCUT2D eigenvalue weighted by Crippen LogP contribution is -2.11. The first kappa shape index (κ1) is 12.4. The third-order valence-electron chi connectivity index (χ3n) is 3.78. The van der Waals surface area contributed by atoms with Crippen LogP contribution in [0.1, 0.15) is 50.2 Å². The molecular weight excluding hydrogens is 212 g/mol. The Labute approximate surface area is 104 Å². The molecule has 0 amide bonds. The molecule has 17 heavy (non-hydrogen) atoms. The van der Waals surface area contributed by atoms with E-state index in [0.29, 0.717) is 5.92 Å². The van der Waals surface area contributed by atoms with E-state index >= 15 is 0 Å². The number of hydrogen-bond donors (Lipinski definition) is 1. The van der Waals surface area contributed by atoms with Crippen LogP contribution in [0.4, 0.5) is 0 Å². The normalized spacial score (nSPS) is 18.9. The highest BCUT2D eigenvalue weighted by molar-refractivity contribution is 5.28. The van der Waals surface area contributed by atoms with Gasteiger partial charge in [0.2, 0.25) is 0 Å². The summed E-state index contributed by atoms with van der Waals surface area (Å²) < 4.78 is 5.12. The summed E-state index contributed by atoms with van der Waals surface area (Å²) in [5.41, 5.74) is 1.01. The van der Waals surface area contributed by atoms with Crippen LogP contribution in [0.15, 0.2) is 24.3 Å². The number of rotatable bonds is 4. The molecule has 0 saturated heterocycles. The molecule has 1 aromatic carbocycles. The third kappa shape index (κ3) is 3.47. The second kappa shape index (κ2) is 6.06. The van der Waals surface area contributed by atoms with E-state index in [0.717, 1.165) is 17.7 Å². The minimum absolute atomic E-state index is 0.316. The Bertz CT molecular complexity index is 325. The van der Waals surface area contributed by atoms with Gasteiger partial charge in [-0.15, -0.1) is 0 Å². The van der Waals surface area contributed by atoms with Gasteiger partial charge in [0.05, 0.1) is 13.2 Å². The zero-order valence-electron chi connectivity index (χ0n) is 10.6. The maximum Gasteiger partial charge on any atom is 0.118 e. The Morgan fingerprint density at radius 3 is 2.41 bits per heavy atom. The third-order valence-corrected chi connectivity index (χ3v) is 3.78. The Morgan fingerprint density at radius 2 is 1.82 bits per heavy atom. The van der Waals surface area contributed by atoms with E-state index in [1.165, 1.54) is 32.1 Å². The highest BCUT2D eigenvalue weighted by Gasteiger charge is 2.18. The van der Waals surface area contributed by atoms with Gasteiger partial charge in [0.1, 0.15) is 5.75 Å². The van der Waals surface area contributed by atoms with Crippen molar-refractivity contribution in [3.05, 3.63) is 29.8 Å². The van der Waals surface area contributed by atoms with Crippen LogP contribution in [0.25, 0.3) is 0 Å². The maximum absolute atomic E-state index is 10.2. The molecule has 0 aliphatic heterocycles. The van der Waals surface area contributed by atoms with Crippen molar-refractivity contribution in [3.63, 3.8) is 0 Å². The lowest BCUT2D eigenvalue weighted by molar-refractivity contribution is 0.131. The summed E-state index contributed by atoms with van der Waals surface area (Å²) in [5.74, 6) is 1.56. The van der Waals surface area contributed by atoms with Crippen LogP contribution in [0.3, 0.4) is 0 Å². The number of aliphatic hydroxyl groups is 1. The second-order valence-electron chi connectivity index (χ2n) is 5.03. The summed E-state index contributed by atoms with van der Waals surface area (Å²) in [6.45, 7) is 0. The van der Waals surface area contributed by atoms with Crippen molar-refractivity contribution >= 4 is 0 Å². The van der Waals surface area contributed by atoms with Crippen LogP contribution in [-0.2, 0) is 0 Å². The van der Waals surface area contributed by atoms with Gasteiger partial charge >= 0.3 is 0 Å². The molecule has 0 heterocycles. The molecule has 94 valence electrons. The zero-order chi connectivity index (χ0) is 12.1. The summed E-state index contributed by atoms with van der Waals surface area (Å²) in [7, 11) is 1.66. The average Bonchev–Trinajstić information content (AvgIpc) is 2.40. The lowest BCUT2D eigenvalue weighted by Gasteiger charge is -2.24. The summed E-state index contributed by atoms with van der Waals surface area (Å²) in [6, 6.07) is 7.76. The van der Waals surface area contributed by atoms with Crippen molar-refractivity contribution in [2.45, 2.75) is 44.6 Å². The van der Waals surface area contributed by atoms with Crippen molar-refractivity contribution in [1.29, 1.82) is 0 Å². The molecule has 0 aromatic heterocycles. The van der Waals surface area contributed by atoms with Crippen LogP contribution in [0.2, 0.25) is 0 Å². The predicted molar refractivity (Wildman–Crippen MR) is 69.1 cm³/mol. The number of benzene rings is 1. The van der Waals surface area contributed by atoms with Gasteiger partial charge in [0.15, 0.2) is 0 Å². The molecule has 1 fully saturated rings. The van der Waals surface area contributed by atoms with Gasteiger partial charge < -0.3 is 9.84 Å². The maximum atomic E-state index is 10.2. The zero-order valence-corrected chi connectivity index (χ0v) is 10.6. The van der Waals surface area contributed by atoms with Crippen LogP contribution in [0, 0.1) is 5.92 Å². The molecule has 1 aliphatic rings. The van der Waals surface area contributed by atoms with Crippen LogP contribution < -0.4 is 4.74 Å². The number of methoxy groups -OCH3 is 1. The fourth-order valence-electron chi connectivity index (χ4n) is 2.70. The summed E-state index contributed by atoms with van der Waals surface area (Å²) in [5, 5.41) is 10.2. The molecule has 0 radical (unpaired) electrons. The van der Waals surface area contributed by atoms with E-state index < -0.39 is 0 Å². The minimum atomic E-state index is -0.316. The van der Waals surface area contributed by atoms with Crippen LogP contribution in [0.5, 0.6) is 5.75 Å². The SMILES string of the molecule is COc1ccc(C(O)CC2CCCCC2)cc1. The van der Waals surface area contributed by atoms with Gasteiger partial charge in [-0.25, -0.2) is 0 Å². The molecule has 0 spiro atoms. The Hall–Kier alpha value is -1.02. The topological polar surface area (TPSA) is 29.5 Å². The lowest BCUT2D eigenvalue weighted by atomic mass is 9.84. The van der Waals surface area contributed by atoms with Gasteiger partial charge in [-0.05, 0) is 30.0 Å². The van der Waals surface area contributed by atoms with E-state index in [4.69, 9.17) is 4.74 Å². The highest BCUT2D eigenvalue weighted by Crippen LogP contribution is 2.32. The predicted octanol–water partition coefficient (Wildman–Crippen LogP) is 3.70. The monoisotopic (exact) mass is 234 g/mol. The van der Waals surface area contributed by atoms with Crippen LogP contribution >= 0.6 is 0 Å². The van der Waals surface area contributed by atoms with Crippen molar-refractivity contribution in [3.8, 4) is 5.75 Å². The van der Waals surface area contributed by atoms with E-state index in [-0.39, 0.29) is 6.10 Å². The molecule has 1 saturated carbocycles. The minimum Gasteiger partial charge on any atom is -0.497 e. The Balaban J connectivity index is 1.91. The van der Waals surface area contributed by atoms with E-state index in [1.807, 2.05) is 24.3 Å². The van der Waals surface area contributed by atoms with E-state index in [1.54, 1.807) is 7.11 Å². The van der Waals surface area contributed by atoms with Gasteiger partial charge in [0.25, 0.3) is 0 Å².